The third-order valence-corrected chi connectivity index (χ3v) is 5.59. The second-order valence-corrected chi connectivity index (χ2v) is 7.45. The zero-order valence-electron chi connectivity index (χ0n) is 15.9. The normalized spacial score (nSPS) is 19.5. The molecule has 2 heterocycles. The van der Waals surface area contributed by atoms with Crippen molar-refractivity contribution in [3.05, 3.63) is 64.7 Å². The number of hydrogen-bond acceptors (Lipinski definition) is 2. The summed E-state index contributed by atoms with van der Waals surface area (Å²) in [7, 11) is 0. The summed E-state index contributed by atoms with van der Waals surface area (Å²) in [5.41, 5.74) is 5.22. The van der Waals surface area contributed by atoms with Crippen molar-refractivity contribution in [3.63, 3.8) is 0 Å². The Kier molecular flexibility index (Phi) is 4.60. The molecule has 1 unspecified atom stereocenters. The maximum Gasteiger partial charge on any atom is 0.321 e. The van der Waals surface area contributed by atoms with Crippen LogP contribution >= 0.6 is 0 Å². The van der Waals surface area contributed by atoms with Crippen LogP contribution in [0.4, 0.5) is 10.5 Å². The van der Waals surface area contributed by atoms with E-state index in [-0.39, 0.29) is 18.0 Å². The molecule has 0 aromatic heterocycles. The minimum Gasteiger partial charge on any atom is -0.336 e. The number of hydrogen-bond donors (Lipinski definition) is 1. The molecule has 1 N–H and O–H groups in total. The van der Waals surface area contributed by atoms with Crippen LogP contribution in [0.25, 0.3) is 0 Å². The number of urea groups is 1. The Morgan fingerprint density at radius 3 is 2.56 bits per heavy atom. The first-order chi connectivity index (χ1) is 13.0. The second kappa shape index (κ2) is 7.06. The molecule has 0 bridgehead atoms. The summed E-state index contributed by atoms with van der Waals surface area (Å²) < 4.78 is 0. The van der Waals surface area contributed by atoms with Gasteiger partial charge in [0, 0.05) is 30.9 Å². The zero-order chi connectivity index (χ0) is 19.0. The predicted molar refractivity (Wildman–Crippen MR) is 106 cm³/mol. The summed E-state index contributed by atoms with van der Waals surface area (Å²) in [5, 5.41) is 2.80. The number of carbonyl (C=O) groups excluding carboxylic acids is 2. The molecule has 0 spiro atoms. The monoisotopic (exact) mass is 363 g/mol. The maximum atomic E-state index is 13.2. The largest absolute Gasteiger partial charge is 0.336 e. The molecular formula is C22H25N3O2. The maximum absolute atomic E-state index is 13.2. The van der Waals surface area contributed by atoms with Crippen molar-refractivity contribution in [2.24, 2.45) is 0 Å². The number of benzene rings is 2. The molecule has 5 heteroatoms. The fourth-order valence-corrected chi connectivity index (χ4v) is 4.12. The van der Waals surface area contributed by atoms with Gasteiger partial charge in [0.1, 0.15) is 0 Å². The van der Waals surface area contributed by atoms with Crippen LogP contribution in [0.1, 0.15) is 45.9 Å². The van der Waals surface area contributed by atoms with Gasteiger partial charge in [-0.15, -0.1) is 0 Å². The van der Waals surface area contributed by atoms with Crippen molar-refractivity contribution >= 4 is 17.6 Å². The van der Waals surface area contributed by atoms with Crippen LogP contribution in [0.5, 0.6) is 0 Å². The van der Waals surface area contributed by atoms with Gasteiger partial charge in [-0.2, -0.15) is 0 Å². The Bertz CT molecular complexity index is 876. The van der Waals surface area contributed by atoms with Gasteiger partial charge in [0.05, 0.1) is 6.04 Å². The van der Waals surface area contributed by atoms with Crippen LogP contribution < -0.4 is 10.2 Å². The summed E-state index contributed by atoms with van der Waals surface area (Å²) in [4.78, 5) is 28.7. The number of nitrogens with one attached hydrogen (secondary N) is 1. The standard InChI is InChI=1S/C22H25N3O2/c1-15-5-6-16(2)19(14-15)20-4-3-12-25(20)21(26)17-7-9-18(10-8-17)24-13-11-23-22(24)27/h5-10,14,20H,3-4,11-13H2,1-2H3,(H,23,27). The number of nitrogens with zero attached hydrogens (tertiary/aromatic N) is 2. The highest BCUT2D eigenvalue weighted by molar-refractivity contribution is 5.97. The average Bonchev–Trinajstić information content (AvgIpc) is 3.32. The molecule has 1 atom stereocenters. The first kappa shape index (κ1) is 17.6. The SMILES string of the molecule is Cc1ccc(C)c(C2CCCN2C(=O)c2ccc(N3CCNC3=O)cc2)c1. The molecule has 0 saturated carbocycles. The quantitative estimate of drug-likeness (QED) is 0.901. The van der Waals surface area contributed by atoms with Gasteiger partial charge in [-0.05, 0) is 62.1 Å². The van der Waals surface area contributed by atoms with E-state index in [4.69, 9.17) is 0 Å². The highest BCUT2D eigenvalue weighted by atomic mass is 16.2. The van der Waals surface area contributed by atoms with Gasteiger partial charge < -0.3 is 10.2 Å². The van der Waals surface area contributed by atoms with E-state index in [1.165, 1.54) is 16.7 Å². The van der Waals surface area contributed by atoms with Crippen LogP contribution in [-0.2, 0) is 0 Å². The number of carbonyl (C=O) groups is 2. The molecule has 5 nitrogen and oxygen atoms in total. The summed E-state index contributed by atoms with van der Waals surface area (Å²) in [5.74, 6) is 0.0656. The van der Waals surface area contributed by atoms with Crippen LogP contribution in [0.3, 0.4) is 0 Å². The molecule has 27 heavy (non-hydrogen) atoms. The van der Waals surface area contributed by atoms with E-state index in [1.807, 2.05) is 29.2 Å². The van der Waals surface area contributed by atoms with Crippen LogP contribution in [0.15, 0.2) is 42.5 Å². The molecule has 4 rings (SSSR count). The lowest BCUT2D eigenvalue weighted by atomic mass is 9.97. The van der Waals surface area contributed by atoms with Gasteiger partial charge in [-0.25, -0.2) is 4.79 Å². The lowest BCUT2D eigenvalue weighted by Gasteiger charge is -2.27. The van der Waals surface area contributed by atoms with Gasteiger partial charge in [0.2, 0.25) is 0 Å². The third kappa shape index (κ3) is 3.29. The van der Waals surface area contributed by atoms with Crippen molar-refractivity contribution in [1.82, 2.24) is 10.2 Å². The van der Waals surface area contributed by atoms with E-state index in [0.717, 1.165) is 25.1 Å². The van der Waals surface area contributed by atoms with Crippen molar-refractivity contribution in [1.29, 1.82) is 0 Å². The minimum absolute atomic E-state index is 0.0656. The summed E-state index contributed by atoms with van der Waals surface area (Å²) in [6, 6.07) is 13.9. The van der Waals surface area contributed by atoms with Crippen LogP contribution in [0, 0.1) is 13.8 Å². The second-order valence-electron chi connectivity index (χ2n) is 7.45. The molecule has 2 aromatic carbocycles. The average molecular weight is 363 g/mol. The van der Waals surface area contributed by atoms with Gasteiger partial charge in [0.25, 0.3) is 5.91 Å². The highest BCUT2D eigenvalue weighted by Crippen LogP contribution is 2.35. The van der Waals surface area contributed by atoms with E-state index in [2.05, 4.69) is 37.4 Å². The van der Waals surface area contributed by atoms with Crippen molar-refractivity contribution in [2.75, 3.05) is 24.5 Å². The molecule has 3 amide bonds. The highest BCUT2D eigenvalue weighted by Gasteiger charge is 2.31. The molecule has 2 aliphatic rings. The molecule has 140 valence electrons. The van der Waals surface area contributed by atoms with E-state index in [1.54, 1.807) is 4.90 Å². The Labute approximate surface area is 160 Å². The minimum atomic E-state index is -0.0800. The summed E-state index contributed by atoms with van der Waals surface area (Å²) >= 11 is 0. The number of amides is 3. The molecule has 2 fully saturated rings. The molecule has 2 aliphatic heterocycles. The van der Waals surface area contributed by atoms with E-state index < -0.39 is 0 Å². The Hall–Kier alpha value is -2.82. The number of anilines is 1. The van der Waals surface area contributed by atoms with E-state index in [0.29, 0.717) is 18.7 Å². The topological polar surface area (TPSA) is 52.7 Å². The van der Waals surface area contributed by atoms with E-state index >= 15 is 0 Å². The van der Waals surface area contributed by atoms with Gasteiger partial charge in [-0.1, -0.05) is 23.8 Å². The fourth-order valence-electron chi connectivity index (χ4n) is 4.12. The van der Waals surface area contributed by atoms with Crippen LogP contribution in [0.2, 0.25) is 0 Å². The Morgan fingerprint density at radius 2 is 1.85 bits per heavy atom. The summed E-state index contributed by atoms with van der Waals surface area (Å²) in [6.45, 7) is 6.31. The van der Waals surface area contributed by atoms with Crippen molar-refractivity contribution in [3.8, 4) is 0 Å². The number of aryl methyl sites for hydroxylation is 2. The molecule has 0 radical (unpaired) electrons. The first-order valence-electron chi connectivity index (χ1n) is 9.58. The van der Waals surface area contributed by atoms with Crippen molar-refractivity contribution in [2.45, 2.75) is 32.7 Å². The fraction of sp³-hybridized carbons (Fsp3) is 0.364. The summed E-state index contributed by atoms with van der Waals surface area (Å²) in [6.07, 6.45) is 2.03. The first-order valence-corrected chi connectivity index (χ1v) is 9.58. The third-order valence-electron chi connectivity index (χ3n) is 5.59. The Balaban J connectivity index is 1.56. The lowest BCUT2D eigenvalue weighted by molar-refractivity contribution is 0.0735. The van der Waals surface area contributed by atoms with Crippen molar-refractivity contribution < 1.29 is 9.59 Å². The zero-order valence-corrected chi connectivity index (χ0v) is 15.9. The number of rotatable bonds is 3. The van der Waals surface area contributed by atoms with Gasteiger partial charge >= 0.3 is 6.03 Å². The molecular weight excluding hydrogens is 338 g/mol. The van der Waals surface area contributed by atoms with Gasteiger partial charge in [0.15, 0.2) is 0 Å². The Morgan fingerprint density at radius 1 is 1.07 bits per heavy atom. The number of likely N-dealkylation sites (tertiary alicyclic amines) is 1. The predicted octanol–water partition coefficient (Wildman–Crippen LogP) is 3.81. The molecule has 0 aliphatic carbocycles. The van der Waals surface area contributed by atoms with E-state index in [9.17, 15) is 9.59 Å². The lowest BCUT2D eigenvalue weighted by Crippen LogP contribution is -2.31. The van der Waals surface area contributed by atoms with Crippen LogP contribution in [-0.4, -0.2) is 36.5 Å². The smallest absolute Gasteiger partial charge is 0.321 e. The van der Waals surface area contributed by atoms with Gasteiger partial charge in [-0.3, -0.25) is 9.69 Å². The molecule has 2 aromatic rings. The molecule has 2 saturated heterocycles.